The predicted octanol–water partition coefficient (Wildman–Crippen LogP) is 3.39. The van der Waals surface area contributed by atoms with Gasteiger partial charge in [-0.1, -0.05) is 36.4 Å². The van der Waals surface area contributed by atoms with Gasteiger partial charge >= 0.3 is 0 Å². The van der Waals surface area contributed by atoms with Crippen LogP contribution >= 0.6 is 0 Å². The molecule has 0 radical (unpaired) electrons. The van der Waals surface area contributed by atoms with E-state index in [1.165, 1.54) is 44.3 Å². The van der Waals surface area contributed by atoms with E-state index < -0.39 is 0 Å². The molecule has 0 bridgehead atoms. The number of ether oxygens (including phenoxy) is 2. The van der Waals surface area contributed by atoms with E-state index in [1.807, 2.05) is 12.1 Å². The average molecular weight is 439 g/mol. The molecule has 1 aliphatic carbocycles. The highest BCUT2D eigenvalue weighted by Gasteiger charge is 2.31. The van der Waals surface area contributed by atoms with Crippen LogP contribution in [0.25, 0.3) is 0 Å². The summed E-state index contributed by atoms with van der Waals surface area (Å²) in [7, 11) is 1.78. The van der Waals surface area contributed by atoms with Gasteiger partial charge in [-0.05, 0) is 67.0 Å². The molecule has 0 saturated carbocycles. The number of hydrogen-bond donors (Lipinski definition) is 1. The molecule has 1 atom stereocenters. The third-order valence-electron chi connectivity index (χ3n) is 6.91. The lowest BCUT2D eigenvalue weighted by Gasteiger charge is -2.38. The van der Waals surface area contributed by atoms with Crippen LogP contribution in [-0.4, -0.2) is 74.1 Å². The number of benzene rings is 2. The summed E-state index contributed by atoms with van der Waals surface area (Å²) in [5, 5.41) is 8.93. The van der Waals surface area contributed by atoms with Crippen molar-refractivity contribution in [1.29, 1.82) is 0 Å². The highest BCUT2D eigenvalue weighted by Crippen LogP contribution is 2.29. The van der Waals surface area contributed by atoms with Crippen molar-refractivity contribution in [3.05, 3.63) is 65.2 Å². The van der Waals surface area contributed by atoms with Crippen LogP contribution in [0.3, 0.4) is 0 Å². The number of piperidine rings is 1. The van der Waals surface area contributed by atoms with Gasteiger partial charge in [-0.25, -0.2) is 0 Å². The molecule has 0 amide bonds. The molecule has 1 saturated heterocycles. The summed E-state index contributed by atoms with van der Waals surface area (Å²) in [6.07, 6.45) is 5.03. The van der Waals surface area contributed by atoms with E-state index in [4.69, 9.17) is 14.6 Å². The van der Waals surface area contributed by atoms with Crippen molar-refractivity contribution in [3.8, 4) is 5.75 Å². The van der Waals surface area contributed by atoms with Gasteiger partial charge in [0.05, 0.1) is 13.2 Å². The minimum Gasteiger partial charge on any atom is -0.491 e. The highest BCUT2D eigenvalue weighted by atomic mass is 16.5. The molecule has 5 heteroatoms. The minimum absolute atomic E-state index is 0.0396. The Balaban J connectivity index is 1.32. The van der Waals surface area contributed by atoms with Gasteiger partial charge in [-0.15, -0.1) is 0 Å². The van der Waals surface area contributed by atoms with Crippen LogP contribution in [0, 0.1) is 5.92 Å². The Morgan fingerprint density at radius 3 is 2.47 bits per heavy atom. The number of nitrogens with zero attached hydrogens (tertiary/aromatic N) is 2. The summed E-state index contributed by atoms with van der Waals surface area (Å²) in [5.41, 5.74) is 4.39. The molecule has 1 fully saturated rings. The zero-order valence-corrected chi connectivity index (χ0v) is 19.4. The van der Waals surface area contributed by atoms with E-state index in [1.54, 1.807) is 18.2 Å². The van der Waals surface area contributed by atoms with E-state index in [-0.39, 0.29) is 6.61 Å². The molecule has 1 aliphatic heterocycles. The molecule has 4 rings (SSSR count). The summed E-state index contributed by atoms with van der Waals surface area (Å²) < 4.78 is 10.9. The van der Waals surface area contributed by atoms with Gasteiger partial charge in [-0.3, -0.25) is 9.80 Å². The number of rotatable bonds is 11. The number of hydrogen-bond acceptors (Lipinski definition) is 5. The first-order valence-electron chi connectivity index (χ1n) is 12.1. The van der Waals surface area contributed by atoms with Gasteiger partial charge in [0.1, 0.15) is 12.4 Å². The second kappa shape index (κ2) is 11.8. The molecule has 0 unspecified atom stereocenters. The molecule has 32 heavy (non-hydrogen) atoms. The molecule has 0 spiro atoms. The normalized spacial score (nSPS) is 19.4. The Kier molecular flexibility index (Phi) is 8.57. The largest absolute Gasteiger partial charge is 0.491 e. The van der Waals surface area contributed by atoms with Crippen molar-refractivity contribution >= 4 is 0 Å². The van der Waals surface area contributed by atoms with Crippen molar-refractivity contribution in [2.24, 2.45) is 5.92 Å². The molecular formula is C27H38N2O3. The van der Waals surface area contributed by atoms with Crippen LogP contribution in [-0.2, 0) is 24.1 Å². The van der Waals surface area contributed by atoms with Crippen LogP contribution in [0.2, 0.25) is 0 Å². The van der Waals surface area contributed by atoms with Gasteiger partial charge in [0.15, 0.2) is 0 Å². The smallest absolute Gasteiger partial charge is 0.119 e. The monoisotopic (exact) mass is 438 g/mol. The van der Waals surface area contributed by atoms with E-state index in [9.17, 15) is 0 Å². The van der Waals surface area contributed by atoms with E-state index in [2.05, 4.69) is 46.2 Å². The molecular weight excluding hydrogens is 400 g/mol. The standard InChI is InChI=1S/C27H38N2O3/c1-31-15-13-28(19-22-8-10-27(11-9-22)32-16-14-30)20-23-5-4-12-29(21-23)26-17-24-6-2-3-7-25(24)18-26/h2-3,6-11,23,26,30H,4-5,12-21H2,1H3/t23-/m0/s1. The minimum atomic E-state index is 0.0396. The van der Waals surface area contributed by atoms with Crippen LogP contribution in [0.1, 0.15) is 29.5 Å². The second-order valence-electron chi connectivity index (χ2n) is 9.28. The van der Waals surface area contributed by atoms with E-state index in [0.29, 0.717) is 18.6 Å². The summed E-state index contributed by atoms with van der Waals surface area (Å²) >= 11 is 0. The van der Waals surface area contributed by atoms with Crippen molar-refractivity contribution in [3.63, 3.8) is 0 Å². The molecule has 2 aromatic carbocycles. The highest BCUT2D eigenvalue weighted by molar-refractivity contribution is 5.33. The molecule has 1 heterocycles. The number of aliphatic hydroxyl groups excluding tert-OH is 1. The summed E-state index contributed by atoms with van der Waals surface area (Å²) in [5.74, 6) is 1.52. The van der Waals surface area contributed by atoms with E-state index in [0.717, 1.165) is 32.0 Å². The van der Waals surface area contributed by atoms with Crippen LogP contribution < -0.4 is 4.74 Å². The zero-order chi connectivity index (χ0) is 22.2. The number of methoxy groups -OCH3 is 1. The first kappa shape index (κ1) is 23.2. The molecule has 1 N–H and O–H groups in total. The van der Waals surface area contributed by atoms with Crippen molar-refractivity contribution in [1.82, 2.24) is 9.80 Å². The zero-order valence-electron chi connectivity index (χ0n) is 19.4. The summed E-state index contributed by atoms with van der Waals surface area (Å²) in [6, 6.07) is 17.9. The van der Waals surface area contributed by atoms with Gasteiger partial charge < -0.3 is 14.6 Å². The Labute approximate surface area is 192 Å². The summed E-state index contributed by atoms with van der Waals surface area (Å²) in [6.45, 7) is 6.56. The number of likely N-dealkylation sites (tertiary alicyclic amines) is 1. The fourth-order valence-electron chi connectivity index (χ4n) is 5.30. The summed E-state index contributed by atoms with van der Waals surface area (Å²) in [4.78, 5) is 5.31. The van der Waals surface area contributed by atoms with E-state index >= 15 is 0 Å². The topological polar surface area (TPSA) is 45.2 Å². The lowest BCUT2D eigenvalue weighted by Crippen LogP contribution is -2.46. The Bertz CT molecular complexity index is 801. The van der Waals surface area contributed by atoms with Crippen LogP contribution in [0.5, 0.6) is 5.75 Å². The lowest BCUT2D eigenvalue weighted by atomic mass is 9.95. The molecule has 2 aromatic rings. The number of fused-ring (bicyclic) bond motifs is 1. The van der Waals surface area contributed by atoms with Gasteiger partial charge in [-0.2, -0.15) is 0 Å². The maximum absolute atomic E-state index is 8.93. The Morgan fingerprint density at radius 2 is 1.78 bits per heavy atom. The van der Waals surface area contributed by atoms with Crippen molar-refractivity contribution < 1.29 is 14.6 Å². The third-order valence-corrected chi connectivity index (χ3v) is 6.91. The van der Waals surface area contributed by atoms with Crippen LogP contribution in [0.15, 0.2) is 48.5 Å². The molecule has 174 valence electrons. The second-order valence-corrected chi connectivity index (χ2v) is 9.28. The SMILES string of the molecule is COCCN(Cc1ccc(OCCO)cc1)C[C@@H]1CCCN(C2Cc3ccccc3C2)C1. The fourth-order valence-corrected chi connectivity index (χ4v) is 5.30. The van der Waals surface area contributed by atoms with Crippen molar-refractivity contribution in [2.75, 3.05) is 53.1 Å². The van der Waals surface area contributed by atoms with Crippen LogP contribution in [0.4, 0.5) is 0 Å². The molecule has 0 aromatic heterocycles. The Hall–Kier alpha value is -1.92. The average Bonchev–Trinajstić information content (AvgIpc) is 3.27. The number of aliphatic hydroxyl groups is 1. The third kappa shape index (κ3) is 6.32. The lowest BCUT2D eigenvalue weighted by molar-refractivity contribution is 0.0843. The van der Waals surface area contributed by atoms with Gasteiger partial charge in [0.25, 0.3) is 0 Å². The van der Waals surface area contributed by atoms with Crippen molar-refractivity contribution in [2.45, 2.75) is 38.3 Å². The van der Waals surface area contributed by atoms with Gasteiger partial charge in [0, 0.05) is 39.3 Å². The first-order valence-corrected chi connectivity index (χ1v) is 12.1. The maximum Gasteiger partial charge on any atom is 0.119 e. The fraction of sp³-hybridized carbons (Fsp3) is 0.556. The Morgan fingerprint density at radius 1 is 1.03 bits per heavy atom. The maximum atomic E-state index is 8.93. The molecule has 2 aliphatic rings. The van der Waals surface area contributed by atoms with Gasteiger partial charge in [0.2, 0.25) is 0 Å². The quantitative estimate of drug-likeness (QED) is 0.583. The molecule has 5 nitrogen and oxygen atoms in total. The predicted molar refractivity (Wildman–Crippen MR) is 128 cm³/mol. The first-order chi connectivity index (χ1) is 15.7.